The smallest absolute Gasteiger partial charge is 0.472 e. The first-order chi connectivity index (χ1) is 28.6. The van der Waals surface area contributed by atoms with Crippen molar-refractivity contribution in [2.75, 3.05) is 19.8 Å². The number of aliphatic hydroxyl groups is 1. The minimum absolute atomic E-state index is 0.0144. The molecule has 0 aromatic carbocycles. The summed E-state index contributed by atoms with van der Waals surface area (Å²) in [5.41, 5.74) is 0. The maximum absolute atomic E-state index is 12.3. The van der Waals surface area contributed by atoms with E-state index in [4.69, 9.17) is 13.8 Å². The SMILES string of the molecule is CC/C=C\C/C=C\C/C=C\C/C=C\C/C=C\C/C=C\C/C=C\CC(=O)OCC(O)COP(=O)(O)OCC(NC(=O)CCCCCCCCCCCCCCCC)C(=O)O. The van der Waals surface area contributed by atoms with Gasteiger partial charge in [-0.1, -0.05) is 182 Å². The minimum atomic E-state index is -4.78. The Kier molecular flexibility index (Phi) is 39.1. The number of carbonyl (C=O) groups is 3. The van der Waals surface area contributed by atoms with E-state index in [9.17, 15) is 34.1 Å². The molecule has 1 amide bonds. The first-order valence-electron chi connectivity index (χ1n) is 22.1. The van der Waals surface area contributed by atoms with Gasteiger partial charge >= 0.3 is 19.8 Å². The fraction of sp³-hybridized carbons (Fsp3) is 0.638. The van der Waals surface area contributed by atoms with Gasteiger partial charge in [0.15, 0.2) is 6.04 Å². The highest BCUT2D eigenvalue weighted by Crippen LogP contribution is 2.43. The molecule has 0 radical (unpaired) electrons. The van der Waals surface area contributed by atoms with Crippen LogP contribution in [0, 0.1) is 0 Å². The van der Waals surface area contributed by atoms with Gasteiger partial charge in [0.25, 0.3) is 0 Å². The number of aliphatic carboxylic acids is 1. The molecule has 0 aromatic rings. The summed E-state index contributed by atoms with van der Waals surface area (Å²) < 4.78 is 26.7. The topological polar surface area (TPSA) is 169 Å². The van der Waals surface area contributed by atoms with Crippen LogP contribution in [0.5, 0.6) is 0 Å². The number of allylic oxidation sites excluding steroid dienone is 13. The summed E-state index contributed by atoms with van der Waals surface area (Å²) >= 11 is 0. The molecule has 0 aliphatic rings. The van der Waals surface area contributed by atoms with Gasteiger partial charge in [0.1, 0.15) is 12.7 Å². The molecule has 59 heavy (non-hydrogen) atoms. The van der Waals surface area contributed by atoms with E-state index >= 15 is 0 Å². The van der Waals surface area contributed by atoms with Crippen molar-refractivity contribution in [1.82, 2.24) is 5.32 Å². The van der Waals surface area contributed by atoms with E-state index in [1.54, 1.807) is 6.08 Å². The molecule has 12 heteroatoms. The van der Waals surface area contributed by atoms with Crippen LogP contribution in [0.3, 0.4) is 0 Å². The van der Waals surface area contributed by atoms with Crippen LogP contribution in [0.1, 0.15) is 162 Å². The van der Waals surface area contributed by atoms with Crippen LogP contribution < -0.4 is 5.32 Å². The van der Waals surface area contributed by atoms with E-state index in [-0.39, 0.29) is 12.8 Å². The quantitative estimate of drug-likeness (QED) is 0.0201. The van der Waals surface area contributed by atoms with Gasteiger partial charge in [0.2, 0.25) is 5.91 Å². The van der Waals surface area contributed by atoms with Crippen molar-refractivity contribution < 1.29 is 47.8 Å². The Hall–Kier alpha value is -3.34. The van der Waals surface area contributed by atoms with Crippen LogP contribution >= 0.6 is 7.82 Å². The Morgan fingerprint density at radius 3 is 1.37 bits per heavy atom. The number of phosphoric acid groups is 1. The highest BCUT2D eigenvalue weighted by molar-refractivity contribution is 7.47. The Bertz CT molecular complexity index is 1320. The predicted octanol–water partition coefficient (Wildman–Crippen LogP) is 11.5. The first kappa shape index (κ1) is 55.7. The number of phosphoric ester groups is 1. The van der Waals surface area contributed by atoms with Gasteiger partial charge in [-0.2, -0.15) is 0 Å². The van der Waals surface area contributed by atoms with Crippen LogP contribution in [0.15, 0.2) is 85.1 Å². The lowest BCUT2D eigenvalue weighted by atomic mass is 10.0. The van der Waals surface area contributed by atoms with Crippen LogP contribution in [-0.4, -0.2) is 64.9 Å². The lowest BCUT2D eigenvalue weighted by molar-refractivity contribution is -0.146. The third kappa shape index (κ3) is 41.2. The lowest BCUT2D eigenvalue weighted by Gasteiger charge is -2.18. The molecule has 0 spiro atoms. The van der Waals surface area contributed by atoms with Gasteiger partial charge in [0.05, 0.1) is 19.6 Å². The fourth-order valence-corrected chi connectivity index (χ4v) is 6.35. The summed E-state index contributed by atoms with van der Waals surface area (Å²) in [6.45, 7) is 2.36. The molecular formula is C47H78NO10P. The second-order valence-corrected chi connectivity index (χ2v) is 16.0. The van der Waals surface area contributed by atoms with Gasteiger partial charge in [0, 0.05) is 6.42 Å². The zero-order valence-electron chi connectivity index (χ0n) is 36.3. The summed E-state index contributed by atoms with van der Waals surface area (Å²) in [4.78, 5) is 45.8. The molecule has 0 saturated carbocycles. The molecule has 0 aliphatic heterocycles. The van der Waals surface area contributed by atoms with Gasteiger partial charge in [-0.3, -0.25) is 18.6 Å². The van der Waals surface area contributed by atoms with E-state index in [1.165, 1.54) is 64.2 Å². The number of unbranched alkanes of at least 4 members (excludes halogenated alkanes) is 13. The van der Waals surface area contributed by atoms with E-state index in [2.05, 4.69) is 79.9 Å². The van der Waals surface area contributed by atoms with Crippen molar-refractivity contribution in [2.24, 2.45) is 0 Å². The number of amides is 1. The Balaban J connectivity index is 4.03. The van der Waals surface area contributed by atoms with Crippen LogP contribution in [0.4, 0.5) is 0 Å². The number of aliphatic hydroxyl groups excluding tert-OH is 1. The molecule has 336 valence electrons. The molecule has 0 rings (SSSR count). The fourth-order valence-electron chi connectivity index (χ4n) is 5.58. The maximum Gasteiger partial charge on any atom is 0.472 e. The minimum Gasteiger partial charge on any atom is -0.480 e. The summed E-state index contributed by atoms with van der Waals surface area (Å²) in [6.07, 6.45) is 50.6. The van der Waals surface area contributed by atoms with Crippen molar-refractivity contribution in [3.05, 3.63) is 85.1 Å². The largest absolute Gasteiger partial charge is 0.480 e. The summed E-state index contributed by atoms with van der Waals surface area (Å²) in [5.74, 6) is -2.52. The van der Waals surface area contributed by atoms with Crippen molar-refractivity contribution in [1.29, 1.82) is 0 Å². The number of ether oxygens (including phenoxy) is 1. The zero-order chi connectivity index (χ0) is 43.5. The number of rotatable bonds is 40. The molecule has 0 bridgehead atoms. The molecule has 0 fully saturated rings. The molecule has 0 saturated heterocycles. The molecule has 0 heterocycles. The Labute approximate surface area is 356 Å². The van der Waals surface area contributed by atoms with Crippen molar-refractivity contribution in [2.45, 2.75) is 174 Å². The Morgan fingerprint density at radius 1 is 0.559 bits per heavy atom. The summed E-state index contributed by atoms with van der Waals surface area (Å²) in [7, 11) is -4.78. The lowest BCUT2D eigenvalue weighted by Crippen LogP contribution is -2.43. The van der Waals surface area contributed by atoms with E-state index in [0.717, 1.165) is 57.8 Å². The van der Waals surface area contributed by atoms with Crippen LogP contribution in [0.2, 0.25) is 0 Å². The van der Waals surface area contributed by atoms with Crippen molar-refractivity contribution in [3.8, 4) is 0 Å². The second kappa shape index (κ2) is 41.4. The summed E-state index contributed by atoms with van der Waals surface area (Å²) in [5, 5.41) is 21.8. The number of carboxylic acids is 1. The van der Waals surface area contributed by atoms with E-state index < -0.39 is 57.6 Å². The molecule has 4 N–H and O–H groups in total. The standard InChI is InChI=1S/C47H78NO10P/c1-3-5-7-9-11-13-15-17-19-20-21-22-23-24-25-27-29-31-33-35-37-39-46(51)56-40-43(49)41-57-59(54,55)58-42-44(47(52)53)48-45(50)38-36-34-32-30-28-26-18-16-14-12-10-8-6-4-2/h5,7,11,13,17,19,21-22,24-25,29,31,35,37,43-44,49H,3-4,6,8-10,12,14-16,18,20,23,26-28,30,32-34,36,38-42H2,1-2H3,(H,48,50)(H,52,53)(H,54,55)/b7-5-,13-11-,19-17-,22-21-,25-24-,31-29-,37-35-. The molecule has 3 atom stereocenters. The van der Waals surface area contributed by atoms with Gasteiger partial charge in [-0.15, -0.1) is 0 Å². The molecular weight excluding hydrogens is 769 g/mol. The Morgan fingerprint density at radius 2 is 0.949 bits per heavy atom. The first-order valence-corrected chi connectivity index (χ1v) is 23.6. The van der Waals surface area contributed by atoms with Crippen molar-refractivity contribution >= 4 is 25.7 Å². The van der Waals surface area contributed by atoms with Crippen molar-refractivity contribution in [3.63, 3.8) is 0 Å². The molecule has 0 aromatic heterocycles. The molecule has 11 nitrogen and oxygen atoms in total. The van der Waals surface area contributed by atoms with Crippen LogP contribution in [0.25, 0.3) is 0 Å². The zero-order valence-corrected chi connectivity index (χ0v) is 37.2. The van der Waals surface area contributed by atoms with Gasteiger partial charge in [-0.05, 0) is 51.4 Å². The van der Waals surface area contributed by atoms with E-state index in [1.807, 2.05) is 18.2 Å². The predicted molar refractivity (Wildman–Crippen MR) is 240 cm³/mol. The molecule has 0 aliphatic carbocycles. The highest BCUT2D eigenvalue weighted by Gasteiger charge is 2.28. The second-order valence-electron chi connectivity index (χ2n) is 14.5. The van der Waals surface area contributed by atoms with Crippen LogP contribution in [-0.2, 0) is 32.7 Å². The monoisotopic (exact) mass is 848 g/mol. The number of esters is 1. The third-order valence-electron chi connectivity index (χ3n) is 8.98. The number of carboxylic acid groups (broad SMARTS) is 1. The molecule has 3 unspecified atom stereocenters. The van der Waals surface area contributed by atoms with E-state index in [0.29, 0.717) is 12.8 Å². The normalized spacial score (nSPS) is 14.5. The maximum atomic E-state index is 12.3. The average molecular weight is 848 g/mol. The highest BCUT2D eigenvalue weighted by atomic mass is 31.2. The number of hydrogen-bond donors (Lipinski definition) is 4. The number of nitrogens with one attached hydrogen (secondary N) is 1. The summed E-state index contributed by atoms with van der Waals surface area (Å²) in [6, 6.07) is -1.56. The average Bonchev–Trinajstić information content (AvgIpc) is 3.21. The number of hydrogen-bond acceptors (Lipinski definition) is 8. The van der Waals surface area contributed by atoms with Gasteiger partial charge in [-0.25, -0.2) is 9.36 Å². The number of carbonyl (C=O) groups excluding carboxylic acids is 2. The van der Waals surface area contributed by atoms with Gasteiger partial charge < -0.3 is 25.2 Å². The third-order valence-corrected chi connectivity index (χ3v) is 9.93.